The summed E-state index contributed by atoms with van der Waals surface area (Å²) in [5.74, 6) is -0.744. The number of hydrogen-bond donors (Lipinski definition) is 3. The Kier molecular flexibility index (Phi) is 4.01. The molecule has 90 valence electrons. The van der Waals surface area contributed by atoms with Crippen LogP contribution in [0.2, 0.25) is 0 Å². The van der Waals surface area contributed by atoms with Gasteiger partial charge in [0.2, 0.25) is 0 Å². The van der Waals surface area contributed by atoms with Gasteiger partial charge in [0.25, 0.3) is 0 Å². The van der Waals surface area contributed by atoms with Gasteiger partial charge in [0.15, 0.2) is 0 Å². The molecule has 0 aliphatic rings. The Morgan fingerprint density at radius 3 is 2.71 bits per heavy atom. The Morgan fingerprint density at radius 2 is 2.24 bits per heavy atom. The molecule has 6 heteroatoms. The summed E-state index contributed by atoms with van der Waals surface area (Å²) >= 11 is 0. The summed E-state index contributed by atoms with van der Waals surface area (Å²) in [6.45, 7) is 1.45. The second-order valence-electron chi connectivity index (χ2n) is 3.53. The molecular weight excluding hydrogens is 227 g/mol. The van der Waals surface area contributed by atoms with E-state index in [1.165, 1.54) is 19.1 Å². The number of nitrogens with one attached hydrogen (secondary N) is 1. The summed E-state index contributed by atoms with van der Waals surface area (Å²) < 4.78 is 13.3. The molecule has 0 saturated heterocycles. The smallest absolute Gasteiger partial charge is 0.404 e. The molecule has 0 unspecified atom stereocenters. The van der Waals surface area contributed by atoms with E-state index in [0.717, 1.165) is 6.07 Å². The number of halogens is 1. The van der Waals surface area contributed by atoms with Crippen molar-refractivity contribution >= 4 is 6.09 Å². The molecule has 0 fully saturated rings. The molecule has 0 aliphatic heterocycles. The monoisotopic (exact) mass is 238 g/mol. The van der Waals surface area contributed by atoms with E-state index in [1.54, 1.807) is 6.07 Å². The summed E-state index contributed by atoms with van der Waals surface area (Å²) in [7, 11) is 0. The summed E-state index contributed by atoms with van der Waals surface area (Å²) in [6, 6.07) is 4.51. The Labute approximate surface area is 97.1 Å². The molecule has 1 amide bonds. The molecule has 1 aromatic carbocycles. The highest BCUT2D eigenvalue weighted by Crippen LogP contribution is 2.19. The molecule has 0 saturated carbocycles. The van der Waals surface area contributed by atoms with Gasteiger partial charge in [-0.3, -0.25) is 0 Å². The molecular formula is C11H11FN2O3. The third-order valence-corrected chi connectivity index (χ3v) is 2.28. The fourth-order valence-corrected chi connectivity index (χ4v) is 1.37. The minimum absolute atomic E-state index is 0.125. The highest BCUT2D eigenvalue weighted by Gasteiger charge is 2.19. The van der Waals surface area contributed by atoms with Crippen LogP contribution in [0.25, 0.3) is 0 Å². The minimum atomic E-state index is -1.27. The zero-order valence-corrected chi connectivity index (χ0v) is 9.01. The number of nitriles is 1. The quantitative estimate of drug-likeness (QED) is 0.741. The zero-order valence-electron chi connectivity index (χ0n) is 9.01. The van der Waals surface area contributed by atoms with Crippen LogP contribution < -0.4 is 5.32 Å². The van der Waals surface area contributed by atoms with Crippen molar-refractivity contribution in [1.82, 2.24) is 5.32 Å². The van der Waals surface area contributed by atoms with Crippen LogP contribution in [0.1, 0.15) is 24.2 Å². The van der Waals surface area contributed by atoms with Gasteiger partial charge in [-0.25, -0.2) is 9.18 Å². The number of aliphatic hydroxyl groups excluding tert-OH is 1. The van der Waals surface area contributed by atoms with Gasteiger partial charge >= 0.3 is 6.09 Å². The normalized spacial score (nSPS) is 13.5. The molecule has 0 aliphatic carbocycles. The first kappa shape index (κ1) is 12.9. The number of hydrogen-bond acceptors (Lipinski definition) is 3. The molecule has 0 radical (unpaired) electrons. The third kappa shape index (κ3) is 3.16. The van der Waals surface area contributed by atoms with Crippen molar-refractivity contribution in [3.05, 3.63) is 35.1 Å². The first-order chi connectivity index (χ1) is 7.95. The lowest BCUT2D eigenvalue weighted by Crippen LogP contribution is -2.35. The van der Waals surface area contributed by atoms with E-state index in [1.807, 2.05) is 0 Å². The van der Waals surface area contributed by atoms with Crippen molar-refractivity contribution in [2.75, 3.05) is 0 Å². The van der Waals surface area contributed by atoms with Crippen molar-refractivity contribution in [3.63, 3.8) is 0 Å². The number of aliphatic hydroxyl groups is 1. The van der Waals surface area contributed by atoms with Crippen LogP contribution in [0, 0.1) is 17.1 Å². The van der Waals surface area contributed by atoms with Crippen molar-refractivity contribution in [3.8, 4) is 6.07 Å². The van der Waals surface area contributed by atoms with Crippen LogP contribution in [0.5, 0.6) is 0 Å². The van der Waals surface area contributed by atoms with Crippen LogP contribution in [-0.4, -0.2) is 22.3 Å². The average Bonchev–Trinajstić information content (AvgIpc) is 2.27. The van der Waals surface area contributed by atoms with Crippen LogP contribution in [0.4, 0.5) is 9.18 Å². The van der Waals surface area contributed by atoms with Gasteiger partial charge in [-0.1, -0.05) is 6.07 Å². The van der Waals surface area contributed by atoms with Gasteiger partial charge in [0.1, 0.15) is 11.9 Å². The number of amides is 1. The van der Waals surface area contributed by atoms with Gasteiger partial charge in [-0.05, 0) is 24.6 Å². The maximum Gasteiger partial charge on any atom is 0.404 e. The number of benzene rings is 1. The van der Waals surface area contributed by atoms with E-state index in [0.29, 0.717) is 0 Å². The van der Waals surface area contributed by atoms with Crippen LogP contribution in [0.3, 0.4) is 0 Å². The second-order valence-corrected chi connectivity index (χ2v) is 3.53. The van der Waals surface area contributed by atoms with E-state index < -0.39 is 24.1 Å². The molecule has 1 aromatic rings. The van der Waals surface area contributed by atoms with Crippen LogP contribution >= 0.6 is 0 Å². The zero-order chi connectivity index (χ0) is 13.0. The van der Waals surface area contributed by atoms with Gasteiger partial charge < -0.3 is 15.5 Å². The predicted octanol–water partition coefficient (Wildman–Crippen LogP) is 1.39. The first-order valence-electron chi connectivity index (χ1n) is 4.82. The molecule has 17 heavy (non-hydrogen) atoms. The molecule has 0 spiro atoms. The van der Waals surface area contributed by atoms with E-state index in [9.17, 15) is 14.3 Å². The fraction of sp³-hybridized carbons (Fsp3) is 0.273. The largest absolute Gasteiger partial charge is 0.465 e. The molecule has 3 N–H and O–H groups in total. The summed E-state index contributed by atoms with van der Waals surface area (Å²) in [5, 5.41) is 28.8. The Bertz CT molecular complexity index is 470. The van der Waals surface area contributed by atoms with Gasteiger partial charge in [0.05, 0.1) is 17.7 Å². The highest BCUT2D eigenvalue weighted by atomic mass is 19.1. The topological polar surface area (TPSA) is 93.3 Å². The van der Waals surface area contributed by atoms with Crippen molar-refractivity contribution in [2.24, 2.45) is 0 Å². The average molecular weight is 238 g/mol. The predicted molar refractivity (Wildman–Crippen MR) is 56.7 cm³/mol. The third-order valence-electron chi connectivity index (χ3n) is 2.28. The molecule has 5 nitrogen and oxygen atoms in total. The number of carbonyl (C=O) groups is 1. The van der Waals surface area contributed by atoms with E-state index in [4.69, 9.17) is 10.4 Å². The van der Waals surface area contributed by atoms with Gasteiger partial charge in [0, 0.05) is 0 Å². The van der Waals surface area contributed by atoms with Crippen molar-refractivity contribution < 1.29 is 19.4 Å². The van der Waals surface area contributed by atoms with Gasteiger partial charge in [-0.15, -0.1) is 0 Å². The van der Waals surface area contributed by atoms with Crippen molar-refractivity contribution in [1.29, 1.82) is 5.26 Å². The van der Waals surface area contributed by atoms with E-state index in [2.05, 4.69) is 5.32 Å². The van der Waals surface area contributed by atoms with Crippen molar-refractivity contribution in [2.45, 2.75) is 19.1 Å². The standard InChI is InChI=1S/C11H11FN2O3/c1-6(14-11(16)17)10(15)7-2-3-8(5-13)9(12)4-7/h2-4,6,10,14-15H,1H3,(H,16,17)/t6-,10-/m0/s1. The van der Waals surface area contributed by atoms with Gasteiger partial charge in [-0.2, -0.15) is 5.26 Å². The Morgan fingerprint density at radius 1 is 1.59 bits per heavy atom. The van der Waals surface area contributed by atoms with Crippen LogP contribution in [0.15, 0.2) is 18.2 Å². The molecule has 2 atom stereocenters. The SMILES string of the molecule is C[C@H](NC(=O)O)[C@H](O)c1ccc(C#N)c(F)c1. The van der Waals surface area contributed by atoms with E-state index in [-0.39, 0.29) is 11.1 Å². The Balaban J connectivity index is 2.90. The molecule has 0 heterocycles. The summed E-state index contributed by atoms with van der Waals surface area (Å²) in [5.41, 5.74) is 0.0857. The second kappa shape index (κ2) is 5.27. The highest BCUT2D eigenvalue weighted by molar-refractivity contribution is 5.64. The molecule has 0 aromatic heterocycles. The first-order valence-corrected chi connectivity index (χ1v) is 4.82. The van der Waals surface area contributed by atoms with Crippen LogP contribution in [-0.2, 0) is 0 Å². The lowest BCUT2D eigenvalue weighted by molar-refractivity contribution is 0.127. The molecule has 1 rings (SSSR count). The summed E-state index contributed by atoms with van der Waals surface area (Å²) in [4.78, 5) is 10.4. The number of rotatable bonds is 3. The Hall–Kier alpha value is -2.13. The maximum absolute atomic E-state index is 13.3. The number of nitrogens with zero attached hydrogens (tertiary/aromatic N) is 1. The molecule has 0 bridgehead atoms. The fourth-order valence-electron chi connectivity index (χ4n) is 1.37. The minimum Gasteiger partial charge on any atom is -0.465 e. The maximum atomic E-state index is 13.3. The lowest BCUT2D eigenvalue weighted by Gasteiger charge is -2.19. The number of carboxylic acid groups (broad SMARTS) is 1. The lowest BCUT2D eigenvalue weighted by atomic mass is 10.0. The summed E-state index contributed by atoms with van der Waals surface area (Å²) in [6.07, 6.45) is -2.45. The van der Waals surface area contributed by atoms with E-state index >= 15 is 0 Å².